The Kier molecular flexibility index (Phi) is 3.31. The number of rotatable bonds is 3. The second-order valence-corrected chi connectivity index (χ2v) is 6.01. The molecule has 0 aromatic carbocycles. The van der Waals surface area contributed by atoms with Gasteiger partial charge in [-0.1, -0.05) is 0 Å². The Labute approximate surface area is 106 Å². The van der Waals surface area contributed by atoms with Crippen LogP contribution in [-0.2, 0) is 13.6 Å². The van der Waals surface area contributed by atoms with E-state index < -0.39 is 0 Å². The minimum Gasteiger partial charge on any atom is -0.308 e. The maximum absolute atomic E-state index is 4.48. The predicted molar refractivity (Wildman–Crippen MR) is 70.9 cm³/mol. The third-order valence-electron chi connectivity index (χ3n) is 2.35. The fourth-order valence-corrected chi connectivity index (χ4v) is 2.20. The lowest BCUT2D eigenvalue weighted by Crippen LogP contribution is -2.35. The fourth-order valence-electron chi connectivity index (χ4n) is 1.55. The highest BCUT2D eigenvalue weighted by atomic mass is 32.1. The first-order chi connectivity index (χ1) is 7.96. The van der Waals surface area contributed by atoms with E-state index in [1.54, 1.807) is 11.3 Å². The fraction of sp³-hybridized carbons (Fsp3) is 0.500. The molecule has 2 rings (SSSR count). The molecular weight excluding hydrogens is 232 g/mol. The first-order valence-corrected chi connectivity index (χ1v) is 6.51. The van der Waals surface area contributed by atoms with E-state index in [1.165, 1.54) is 5.56 Å². The van der Waals surface area contributed by atoms with E-state index in [9.17, 15) is 0 Å². The standard InChI is InChI=1S/C12H18N4S/c1-12(2,3)14-7-9-8-16(4)15-10(9)11-13-5-6-17-11/h5-6,8,14H,7H2,1-4H3. The van der Waals surface area contributed by atoms with Crippen LogP contribution in [0.25, 0.3) is 10.7 Å². The number of aromatic nitrogens is 3. The molecule has 0 aliphatic carbocycles. The van der Waals surface area contributed by atoms with Crippen LogP contribution in [0.2, 0.25) is 0 Å². The van der Waals surface area contributed by atoms with Crippen LogP contribution in [0.15, 0.2) is 17.8 Å². The molecule has 0 atom stereocenters. The zero-order valence-corrected chi connectivity index (χ0v) is 11.5. The smallest absolute Gasteiger partial charge is 0.143 e. The topological polar surface area (TPSA) is 42.7 Å². The second-order valence-electron chi connectivity index (χ2n) is 5.12. The summed E-state index contributed by atoms with van der Waals surface area (Å²) < 4.78 is 1.84. The van der Waals surface area contributed by atoms with Gasteiger partial charge in [0.15, 0.2) is 0 Å². The van der Waals surface area contributed by atoms with Crippen molar-refractivity contribution in [3.8, 4) is 10.7 Å². The van der Waals surface area contributed by atoms with Gasteiger partial charge in [0.2, 0.25) is 0 Å². The lowest BCUT2D eigenvalue weighted by atomic mass is 10.1. The molecule has 0 bridgehead atoms. The largest absolute Gasteiger partial charge is 0.308 e. The average molecular weight is 250 g/mol. The minimum atomic E-state index is 0.107. The molecule has 0 radical (unpaired) electrons. The molecule has 0 spiro atoms. The summed E-state index contributed by atoms with van der Waals surface area (Å²) in [4.78, 5) is 4.32. The summed E-state index contributed by atoms with van der Waals surface area (Å²) in [6, 6.07) is 0. The van der Waals surface area contributed by atoms with Crippen LogP contribution >= 0.6 is 11.3 Å². The van der Waals surface area contributed by atoms with Gasteiger partial charge in [-0.3, -0.25) is 4.68 Å². The van der Waals surface area contributed by atoms with E-state index in [0.29, 0.717) is 0 Å². The summed E-state index contributed by atoms with van der Waals surface area (Å²) in [5, 5.41) is 10.9. The van der Waals surface area contributed by atoms with Crippen molar-refractivity contribution in [2.45, 2.75) is 32.9 Å². The quantitative estimate of drug-likeness (QED) is 0.909. The van der Waals surface area contributed by atoms with Gasteiger partial charge in [-0.05, 0) is 20.8 Å². The van der Waals surface area contributed by atoms with Crippen molar-refractivity contribution in [1.82, 2.24) is 20.1 Å². The molecule has 0 unspecified atom stereocenters. The van der Waals surface area contributed by atoms with E-state index >= 15 is 0 Å². The number of nitrogens with zero attached hydrogens (tertiary/aromatic N) is 3. The van der Waals surface area contributed by atoms with Crippen molar-refractivity contribution in [2.24, 2.45) is 7.05 Å². The van der Waals surface area contributed by atoms with Gasteiger partial charge in [0.1, 0.15) is 10.7 Å². The molecule has 0 amide bonds. The molecule has 4 nitrogen and oxygen atoms in total. The molecule has 2 aromatic heterocycles. The SMILES string of the molecule is Cn1cc(CNC(C)(C)C)c(-c2nccs2)n1. The molecule has 1 N–H and O–H groups in total. The van der Waals surface area contributed by atoms with Crippen molar-refractivity contribution >= 4 is 11.3 Å². The molecule has 5 heteroatoms. The Bertz CT molecular complexity index is 479. The molecule has 2 heterocycles. The van der Waals surface area contributed by atoms with Crippen LogP contribution in [0.1, 0.15) is 26.3 Å². The van der Waals surface area contributed by atoms with Crippen LogP contribution in [0.4, 0.5) is 0 Å². The van der Waals surface area contributed by atoms with Crippen LogP contribution < -0.4 is 5.32 Å². The van der Waals surface area contributed by atoms with E-state index in [1.807, 2.05) is 23.3 Å². The van der Waals surface area contributed by atoms with Gasteiger partial charge < -0.3 is 5.32 Å². The highest BCUT2D eigenvalue weighted by Gasteiger charge is 2.15. The molecule has 0 fully saturated rings. The van der Waals surface area contributed by atoms with E-state index in [2.05, 4.69) is 42.4 Å². The highest BCUT2D eigenvalue weighted by Crippen LogP contribution is 2.24. The number of hydrogen-bond donors (Lipinski definition) is 1. The van der Waals surface area contributed by atoms with Crippen molar-refractivity contribution in [2.75, 3.05) is 0 Å². The van der Waals surface area contributed by atoms with Gasteiger partial charge in [0.25, 0.3) is 0 Å². The molecular formula is C12H18N4S. The minimum absolute atomic E-state index is 0.107. The molecule has 92 valence electrons. The van der Waals surface area contributed by atoms with Crippen LogP contribution in [-0.4, -0.2) is 20.3 Å². The average Bonchev–Trinajstić information content (AvgIpc) is 2.81. The highest BCUT2D eigenvalue weighted by molar-refractivity contribution is 7.13. The number of thiazole rings is 1. The summed E-state index contributed by atoms with van der Waals surface area (Å²) in [6.07, 6.45) is 3.87. The normalized spacial score (nSPS) is 12.0. The van der Waals surface area contributed by atoms with Gasteiger partial charge >= 0.3 is 0 Å². The van der Waals surface area contributed by atoms with Crippen molar-refractivity contribution in [3.05, 3.63) is 23.3 Å². The summed E-state index contributed by atoms with van der Waals surface area (Å²) in [7, 11) is 1.94. The maximum atomic E-state index is 4.48. The number of aryl methyl sites for hydroxylation is 1. The van der Waals surface area contributed by atoms with E-state index in [4.69, 9.17) is 0 Å². The Morgan fingerprint density at radius 1 is 1.41 bits per heavy atom. The Morgan fingerprint density at radius 2 is 2.18 bits per heavy atom. The van der Waals surface area contributed by atoms with Gasteiger partial charge in [-0.25, -0.2) is 4.98 Å². The Balaban J connectivity index is 2.23. The summed E-state index contributed by atoms with van der Waals surface area (Å²) in [6.45, 7) is 7.29. The molecule has 17 heavy (non-hydrogen) atoms. The van der Waals surface area contributed by atoms with E-state index in [-0.39, 0.29) is 5.54 Å². The van der Waals surface area contributed by atoms with Crippen LogP contribution in [0, 0.1) is 0 Å². The Hall–Kier alpha value is -1.20. The van der Waals surface area contributed by atoms with Crippen LogP contribution in [0.5, 0.6) is 0 Å². The Morgan fingerprint density at radius 3 is 2.76 bits per heavy atom. The molecule has 0 saturated heterocycles. The zero-order chi connectivity index (χ0) is 12.5. The first-order valence-electron chi connectivity index (χ1n) is 5.63. The molecule has 2 aromatic rings. The van der Waals surface area contributed by atoms with Crippen LogP contribution in [0.3, 0.4) is 0 Å². The zero-order valence-electron chi connectivity index (χ0n) is 10.7. The third kappa shape index (κ3) is 3.14. The molecule has 0 aliphatic rings. The van der Waals surface area contributed by atoms with Crippen molar-refractivity contribution in [1.29, 1.82) is 0 Å². The molecule has 0 aliphatic heterocycles. The number of hydrogen-bond acceptors (Lipinski definition) is 4. The molecule has 0 saturated carbocycles. The van der Waals surface area contributed by atoms with Gasteiger partial charge in [0.05, 0.1) is 0 Å². The lowest BCUT2D eigenvalue weighted by molar-refractivity contribution is 0.424. The van der Waals surface area contributed by atoms with E-state index in [0.717, 1.165) is 17.2 Å². The predicted octanol–water partition coefficient (Wildman–Crippen LogP) is 2.43. The summed E-state index contributed by atoms with van der Waals surface area (Å²) >= 11 is 1.62. The van der Waals surface area contributed by atoms with Gasteiger partial charge in [0, 0.05) is 42.5 Å². The van der Waals surface area contributed by atoms with Gasteiger partial charge in [-0.15, -0.1) is 11.3 Å². The van der Waals surface area contributed by atoms with Crippen molar-refractivity contribution in [3.63, 3.8) is 0 Å². The monoisotopic (exact) mass is 250 g/mol. The lowest BCUT2D eigenvalue weighted by Gasteiger charge is -2.20. The van der Waals surface area contributed by atoms with Gasteiger partial charge in [-0.2, -0.15) is 5.10 Å². The summed E-state index contributed by atoms with van der Waals surface area (Å²) in [5.41, 5.74) is 2.28. The second kappa shape index (κ2) is 4.58. The summed E-state index contributed by atoms with van der Waals surface area (Å²) in [5.74, 6) is 0. The van der Waals surface area contributed by atoms with Crippen molar-refractivity contribution < 1.29 is 0 Å². The maximum Gasteiger partial charge on any atom is 0.143 e. The number of nitrogens with one attached hydrogen (secondary N) is 1. The third-order valence-corrected chi connectivity index (χ3v) is 3.13. The first kappa shape index (κ1) is 12.3.